The lowest BCUT2D eigenvalue weighted by molar-refractivity contribution is -0.122. The number of para-hydroxylation sites is 2. The second-order valence-electron chi connectivity index (χ2n) is 6.04. The van der Waals surface area contributed by atoms with Crippen LogP contribution in [0.1, 0.15) is 10.4 Å². The van der Waals surface area contributed by atoms with Gasteiger partial charge in [0.2, 0.25) is 10.0 Å². The van der Waals surface area contributed by atoms with Gasteiger partial charge in [-0.15, -0.1) is 0 Å². The van der Waals surface area contributed by atoms with E-state index in [2.05, 4.69) is 10.1 Å². The van der Waals surface area contributed by atoms with Crippen LogP contribution in [0.25, 0.3) is 0 Å². The highest BCUT2D eigenvalue weighted by Gasteiger charge is 2.35. The van der Waals surface area contributed by atoms with E-state index < -0.39 is 28.0 Å². The topological polar surface area (TPSA) is 102 Å². The smallest absolute Gasteiger partial charge is 0.339 e. The van der Waals surface area contributed by atoms with Gasteiger partial charge in [-0.3, -0.25) is 9.10 Å². The number of carbonyl (C=O) groups is 2. The van der Waals surface area contributed by atoms with Crippen LogP contribution in [0.3, 0.4) is 0 Å². The van der Waals surface area contributed by atoms with E-state index in [1.165, 1.54) is 25.3 Å². The van der Waals surface area contributed by atoms with E-state index in [-0.39, 0.29) is 22.9 Å². The second kappa shape index (κ2) is 7.69. The van der Waals surface area contributed by atoms with Gasteiger partial charge in [-0.05, 0) is 30.3 Å². The Hall–Kier alpha value is -2.78. The number of hydrogen-bond donors (Lipinski definition) is 1. The van der Waals surface area contributed by atoms with E-state index >= 15 is 0 Å². The molecule has 1 N–H and O–H groups in total. The fourth-order valence-corrected chi connectivity index (χ4v) is 3.85. The lowest BCUT2D eigenvalue weighted by atomic mass is 10.2. The number of hydrogen-bond acceptors (Lipinski definition) is 6. The molecule has 2 aromatic rings. The molecule has 1 heterocycles. The first-order valence-corrected chi connectivity index (χ1v) is 10.4. The SMILES string of the molecule is COC(=O)c1cc(NC(=O)[C@@H]2CN(S(C)(=O)=O)c3ccccc3O2)ccc1Cl. The van der Waals surface area contributed by atoms with E-state index in [1.54, 1.807) is 24.3 Å². The third-order valence-corrected chi connectivity index (χ3v) is 5.54. The van der Waals surface area contributed by atoms with Crippen LogP contribution in [-0.2, 0) is 19.6 Å². The van der Waals surface area contributed by atoms with Crippen molar-refractivity contribution in [3.63, 3.8) is 0 Å². The van der Waals surface area contributed by atoms with Gasteiger partial charge in [0, 0.05) is 5.69 Å². The van der Waals surface area contributed by atoms with Crippen molar-refractivity contribution in [2.24, 2.45) is 0 Å². The summed E-state index contributed by atoms with van der Waals surface area (Å²) in [4.78, 5) is 24.4. The summed E-state index contributed by atoms with van der Waals surface area (Å²) >= 11 is 5.97. The molecule has 0 radical (unpaired) electrons. The zero-order valence-corrected chi connectivity index (χ0v) is 16.6. The summed E-state index contributed by atoms with van der Waals surface area (Å²) in [5.41, 5.74) is 0.756. The molecule has 1 aliphatic heterocycles. The molecule has 0 saturated carbocycles. The van der Waals surface area contributed by atoms with Crippen molar-refractivity contribution in [3.05, 3.63) is 53.1 Å². The zero-order valence-electron chi connectivity index (χ0n) is 15.0. The van der Waals surface area contributed by atoms with Crippen molar-refractivity contribution in [3.8, 4) is 5.75 Å². The molecule has 148 valence electrons. The number of fused-ring (bicyclic) bond motifs is 1. The van der Waals surface area contributed by atoms with Crippen LogP contribution in [-0.4, -0.2) is 46.3 Å². The summed E-state index contributed by atoms with van der Waals surface area (Å²) in [6.07, 6.45) is -0.0202. The van der Waals surface area contributed by atoms with Gasteiger partial charge in [0.15, 0.2) is 6.10 Å². The number of ether oxygens (including phenoxy) is 2. The fraction of sp³-hybridized carbons (Fsp3) is 0.222. The van der Waals surface area contributed by atoms with Gasteiger partial charge in [-0.2, -0.15) is 0 Å². The van der Waals surface area contributed by atoms with Crippen molar-refractivity contribution < 1.29 is 27.5 Å². The Balaban J connectivity index is 1.85. The summed E-state index contributed by atoms with van der Waals surface area (Å²) < 4.78 is 35.7. The molecule has 1 amide bonds. The Morgan fingerprint density at radius 2 is 1.96 bits per heavy atom. The van der Waals surface area contributed by atoms with E-state index in [0.717, 1.165) is 10.6 Å². The molecule has 0 fully saturated rings. The van der Waals surface area contributed by atoms with E-state index in [0.29, 0.717) is 11.4 Å². The monoisotopic (exact) mass is 424 g/mol. The summed E-state index contributed by atoms with van der Waals surface area (Å²) in [6, 6.07) is 10.9. The number of anilines is 2. The van der Waals surface area contributed by atoms with Gasteiger partial charge in [-0.1, -0.05) is 23.7 Å². The first-order chi connectivity index (χ1) is 13.2. The number of rotatable bonds is 4. The lowest BCUT2D eigenvalue weighted by Gasteiger charge is -2.33. The van der Waals surface area contributed by atoms with Gasteiger partial charge in [0.05, 0.1) is 36.2 Å². The molecule has 0 aromatic heterocycles. The number of nitrogens with one attached hydrogen (secondary N) is 1. The van der Waals surface area contributed by atoms with E-state index in [1.807, 2.05) is 0 Å². The van der Waals surface area contributed by atoms with Gasteiger partial charge in [0.1, 0.15) is 5.75 Å². The maximum Gasteiger partial charge on any atom is 0.339 e. The Labute approximate surface area is 167 Å². The summed E-state index contributed by atoms with van der Waals surface area (Å²) in [5.74, 6) is -0.931. The average Bonchev–Trinajstić information content (AvgIpc) is 2.67. The lowest BCUT2D eigenvalue weighted by Crippen LogP contribution is -2.48. The van der Waals surface area contributed by atoms with Gasteiger partial charge >= 0.3 is 5.97 Å². The van der Waals surface area contributed by atoms with Crippen LogP contribution in [0, 0.1) is 0 Å². The normalized spacial score (nSPS) is 16.0. The standard InChI is InChI=1S/C18H17ClN2O6S/c1-26-18(23)12-9-11(7-8-13(12)19)20-17(22)16-10-21(28(2,24)25)14-5-3-4-6-15(14)27-16/h3-9,16H,10H2,1-2H3,(H,20,22)/t16-/m0/s1. The largest absolute Gasteiger partial charge is 0.476 e. The van der Waals surface area contributed by atoms with Crippen LogP contribution >= 0.6 is 11.6 Å². The molecule has 0 unspecified atom stereocenters. The van der Waals surface area contributed by atoms with E-state index in [9.17, 15) is 18.0 Å². The molecule has 1 atom stereocenters. The van der Waals surface area contributed by atoms with E-state index in [4.69, 9.17) is 16.3 Å². The molecular weight excluding hydrogens is 408 g/mol. The molecule has 0 saturated heterocycles. The first-order valence-electron chi connectivity index (χ1n) is 8.13. The van der Waals surface area contributed by atoms with Gasteiger partial charge in [0.25, 0.3) is 5.91 Å². The minimum atomic E-state index is -3.61. The predicted octanol–water partition coefficient (Wildman–Crippen LogP) is 2.29. The van der Waals surface area contributed by atoms with Crippen LogP contribution < -0.4 is 14.4 Å². The molecule has 0 aliphatic carbocycles. The number of amides is 1. The summed E-state index contributed by atoms with van der Waals surface area (Å²) in [7, 11) is -2.39. The molecule has 10 heteroatoms. The number of nitrogens with zero attached hydrogens (tertiary/aromatic N) is 1. The fourth-order valence-electron chi connectivity index (χ4n) is 2.74. The Morgan fingerprint density at radius 3 is 2.64 bits per heavy atom. The number of benzene rings is 2. The Morgan fingerprint density at radius 1 is 1.25 bits per heavy atom. The Kier molecular flexibility index (Phi) is 5.48. The maximum atomic E-state index is 12.7. The first kappa shape index (κ1) is 20.0. The molecule has 0 spiro atoms. The highest BCUT2D eigenvalue weighted by molar-refractivity contribution is 7.92. The van der Waals surface area contributed by atoms with Crippen LogP contribution in [0.15, 0.2) is 42.5 Å². The van der Waals surface area contributed by atoms with Gasteiger partial charge in [-0.25, -0.2) is 13.2 Å². The Bertz CT molecular complexity index is 1040. The number of halogens is 1. The zero-order chi connectivity index (χ0) is 20.5. The van der Waals surface area contributed by atoms with Crippen LogP contribution in [0.5, 0.6) is 5.75 Å². The third kappa shape index (κ3) is 4.05. The highest BCUT2D eigenvalue weighted by Crippen LogP contribution is 2.34. The number of esters is 1. The molecule has 0 bridgehead atoms. The average molecular weight is 425 g/mol. The molecule has 28 heavy (non-hydrogen) atoms. The van der Waals surface area contributed by atoms with Crippen LogP contribution in [0.2, 0.25) is 5.02 Å². The minimum Gasteiger partial charge on any atom is -0.476 e. The summed E-state index contributed by atoms with van der Waals surface area (Å²) in [6.45, 7) is -0.181. The van der Waals surface area contributed by atoms with Gasteiger partial charge < -0.3 is 14.8 Å². The minimum absolute atomic E-state index is 0.0923. The second-order valence-corrected chi connectivity index (χ2v) is 8.36. The summed E-state index contributed by atoms with van der Waals surface area (Å²) in [5, 5.41) is 2.79. The maximum absolute atomic E-state index is 12.7. The molecule has 1 aliphatic rings. The third-order valence-electron chi connectivity index (χ3n) is 4.07. The van der Waals surface area contributed by atoms with Crippen molar-refractivity contribution in [1.29, 1.82) is 0 Å². The number of methoxy groups -OCH3 is 1. The van der Waals surface area contributed by atoms with Crippen molar-refractivity contribution in [1.82, 2.24) is 0 Å². The van der Waals surface area contributed by atoms with Crippen LogP contribution in [0.4, 0.5) is 11.4 Å². The molecule has 3 rings (SSSR count). The molecular formula is C18H17ClN2O6S. The number of carbonyl (C=O) groups excluding carboxylic acids is 2. The van der Waals surface area contributed by atoms with Crippen molar-refractivity contribution >= 4 is 44.9 Å². The highest BCUT2D eigenvalue weighted by atomic mass is 35.5. The molecule has 8 nitrogen and oxygen atoms in total. The van der Waals surface area contributed by atoms with Crippen molar-refractivity contribution in [2.75, 3.05) is 29.5 Å². The predicted molar refractivity (Wildman–Crippen MR) is 104 cm³/mol. The quantitative estimate of drug-likeness (QED) is 0.755. The molecule has 2 aromatic carbocycles. The van der Waals surface area contributed by atoms with Crippen molar-refractivity contribution in [2.45, 2.75) is 6.10 Å². The number of sulfonamides is 1.